The molecule has 3 aromatic carbocycles. The molecular weight excluding hydrogens is 1010 g/mol. The first-order chi connectivity index (χ1) is 36.5. The molecule has 76 heavy (non-hydrogen) atoms. The van der Waals surface area contributed by atoms with E-state index in [1.807, 2.05) is 0 Å². The molecule has 0 unspecified atom stereocenters. The van der Waals surface area contributed by atoms with Gasteiger partial charge in [0.1, 0.15) is 41.1 Å². The van der Waals surface area contributed by atoms with Crippen LogP contribution in [0.3, 0.4) is 0 Å². The molecule has 5 saturated heterocycles. The number of aromatic amines is 2. The van der Waals surface area contributed by atoms with Crippen molar-refractivity contribution in [2.45, 2.75) is 131 Å². The molecule has 7 heterocycles. The molecule has 23 heteroatoms. The van der Waals surface area contributed by atoms with E-state index in [0.29, 0.717) is 85.6 Å². The summed E-state index contributed by atoms with van der Waals surface area (Å²) in [5.41, 5.74) is 1.85. The number of nitrogens with zero attached hydrogens (tertiary/aromatic N) is 6. The standard InChI is InChI=1S/C53H66F4N10O8Si/c1-28(72-3)45(62-52(70)74-5)50(68)65-14-7-10-43(65)48-58-37-24-31(33(54)26-39(37)60-48)41-12-13-42(67(41)30-22-35(56)47(36(57)23-30)64-16-20-76(21-17-64)18-9-19-76)32-25-38-40(27-34(32)55)61-49(59-38)44-11-8-15-66(44)51(69)46(29(2)73-4)63-53(71)75-6/h22-29,41-46H,7-21H2,1-6H3,(H,58,60)(H,59,61)(H,62,70)(H,63,71)/t28-,29-,41-,42-,43+,44+,45+,46+/m1/s1. The Morgan fingerprint density at radius 1 is 0.592 bits per heavy atom. The molecule has 8 atom stereocenters. The van der Waals surface area contributed by atoms with Gasteiger partial charge in [0, 0.05) is 57.2 Å². The van der Waals surface area contributed by atoms with Crippen LogP contribution in [0.4, 0.5) is 38.5 Å². The minimum atomic E-state index is -1.34. The molecular formula is C53H66F4N10O8Si. The van der Waals surface area contributed by atoms with E-state index < -0.39 is 104 Å². The van der Waals surface area contributed by atoms with Crippen molar-refractivity contribution in [2.75, 3.05) is 64.4 Å². The van der Waals surface area contributed by atoms with E-state index in [1.54, 1.807) is 45.6 Å². The highest BCUT2D eigenvalue weighted by Crippen LogP contribution is 2.51. The number of hydrogen-bond acceptors (Lipinski definition) is 12. The molecule has 0 saturated carbocycles. The highest BCUT2D eigenvalue weighted by atomic mass is 28.3. The van der Waals surface area contributed by atoms with E-state index in [0.717, 1.165) is 12.1 Å². The van der Waals surface area contributed by atoms with Crippen LogP contribution in [0.15, 0.2) is 36.4 Å². The van der Waals surface area contributed by atoms with Gasteiger partial charge in [-0.3, -0.25) is 9.59 Å². The van der Waals surface area contributed by atoms with Gasteiger partial charge in [0.05, 0.1) is 80.7 Å². The minimum absolute atomic E-state index is 0.0976. The number of likely N-dealkylation sites (tertiary alicyclic amines) is 2. The smallest absolute Gasteiger partial charge is 0.407 e. The number of carbonyl (C=O) groups is 4. The van der Waals surface area contributed by atoms with Crippen molar-refractivity contribution in [3.05, 3.63) is 82.4 Å². The number of amides is 4. The van der Waals surface area contributed by atoms with Gasteiger partial charge in [-0.15, -0.1) is 0 Å². The number of nitrogens with one attached hydrogen (secondary N) is 4. The number of imidazole rings is 2. The molecule has 18 nitrogen and oxygen atoms in total. The van der Waals surface area contributed by atoms with Crippen molar-refractivity contribution in [2.24, 2.45) is 0 Å². The number of carbonyl (C=O) groups excluding carboxylic acids is 4. The normalized spacial score (nSPS) is 23.0. The second-order valence-corrected chi connectivity index (χ2v) is 26.1. The largest absolute Gasteiger partial charge is 0.453 e. The van der Waals surface area contributed by atoms with Gasteiger partial charge in [0.2, 0.25) is 11.8 Å². The average molecular weight is 1080 g/mol. The number of ether oxygens (including phenoxy) is 4. The van der Waals surface area contributed by atoms with E-state index >= 15 is 17.6 Å². The molecule has 5 aliphatic rings. The predicted molar refractivity (Wildman–Crippen MR) is 276 cm³/mol. The average Bonchev–Trinajstić information content (AvgIpc) is 4.32. The maximum atomic E-state index is 16.9. The van der Waals surface area contributed by atoms with Crippen LogP contribution in [0.25, 0.3) is 22.1 Å². The zero-order chi connectivity index (χ0) is 53.7. The van der Waals surface area contributed by atoms with Gasteiger partial charge in [0.15, 0.2) is 11.6 Å². The Kier molecular flexibility index (Phi) is 15.0. The van der Waals surface area contributed by atoms with Crippen molar-refractivity contribution in [1.82, 2.24) is 40.4 Å². The van der Waals surface area contributed by atoms with Crippen LogP contribution < -0.4 is 20.4 Å². The number of halogens is 4. The zero-order valence-corrected chi connectivity index (χ0v) is 44.7. The fraction of sp³-hybridized carbons (Fsp3) is 0.547. The summed E-state index contributed by atoms with van der Waals surface area (Å²) in [6, 6.07) is 7.96. The second kappa shape index (κ2) is 21.5. The van der Waals surface area contributed by atoms with Crippen LogP contribution >= 0.6 is 0 Å². The van der Waals surface area contributed by atoms with E-state index in [4.69, 9.17) is 28.9 Å². The minimum Gasteiger partial charge on any atom is -0.453 e. The number of fused-ring (bicyclic) bond motifs is 2. The molecule has 4 amide bonds. The lowest BCUT2D eigenvalue weighted by Gasteiger charge is -2.47. The Hall–Kier alpha value is -6.46. The Labute approximate surface area is 438 Å². The highest BCUT2D eigenvalue weighted by Gasteiger charge is 2.45. The number of hydrogen-bond donors (Lipinski definition) is 4. The zero-order valence-electron chi connectivity index (χ0n) is 43.7. The maximum absolute atomic E-state index is 16.9. The first-order valence-corrected chi connectivity index (χ1v) is 29.1. The summed E-state index contributed by atoms with van der Waals surface area (Å²) in [6.07, 6.45) is 1.10. The summed E-state index contributed by atoms with van der Waals surface area (Å²) < 4.78 is 87.8. The number of rotatable bonds is 14. The summed E-state index contributed by atoms with van der Waals surface area (Å²) in [4.78, 5) is 75.6. The van der Waals surface area contributed by atoms with Crippen LogP contribution in [-0.4, -0.2) is 141 Å². The highest BCUT2D eigenvalue weighted by molar-refractivity contribution is 6.82. The maximum Gasteiger partial charge on any atom is 0.407 e. The van der Waals surface area contributed by atoms with Gasteiger partial charge in [-0.25, -0.2) is 37.1 Å². The molecule has 2 aromatic heterocycles. The van der Waals surface area contributed by atoms with E-state index in [1.165, 1.54) is 71.2 Å². The summed E-state index contributed by atoms with van der Waals surface area (Å²) in [6.45, 7) is 5.21. The number of methoxy groups -OCH3 is 4. The lowest BCUT2D eigenvalue weighted by Crippen LogP contribution is -2.54. The van der Waals surface area contributed by atoms with Crippen molar-refractivity contribution in [3.63, 3.8) is 0 Å². The van der Waals surface area contributed by atoms with Gasteiger partial charge in [-0.2, -0.15) is 0 Å². The number of benzene rings is 3. The topological polar surface area (TPSA) is 200 Å². The molecule has 1 spiro atoms. The van der Waals surface area contributed by atoms with Gasteiger partial charge in [0.25, 0.3) is 0 Å². The molecule has 0 radical (unpaired) electrons. The third-order valence-electron chi connectivity index (χ3n) is 17.0. The Morgan fingerprint density at radius 2 is 1.04 bits per heavy atom. The molecule has 4 N–H and O–H groups in total. The van der Waals surface area contributed by atoms with Crippen molar-refractivity contribution < 1.29 is 55.7 Å². The Balaban J connectivity index is 0.994. The summed E-state index contributed by atoms with van der Waals surface area (Å²) in [5.74, 6) is -2.76. The molecule has 5 aliphatic heterocycles. The van der Waals surface area contributed by atoms with E-state index in [-0.39, 0.29) is 35.3 Å². The van der Waals surface area contributed by atoms with Gasteiger partial charge in [-0.05, 0) is 101 Å². The van der Waals surface area contributed by atoms with Crippen LogP contribution in [0.1, 0.15) is 106 Å². The monoisotopic (exact) mass is 1070 g/mol. The summed E-state index contributed by atoms with van der Waals surface area (Å²) >= 11 is 0. The quantitative estimate of drug-likeness (QED) is 0.0611. The SMILES string of the molecule is COC(=O)N[C@H](C(=O)N1CCC[C@H]1c1nc2cc([C@H]3CC[C@H](c4cc5nc([C@@H]6CCCN6C(=O)[C@@H](NC(=O)OC)[C@@H](C)OC)[nH]c5cc4F)N3c3cc(F)c(N4CC[Si]5(CCC5)CC4)c(F)c3)c(F)cc2[nH]1)[C@@H](C)OC. The lowest BCUT2D eigenvalue weighted by atomic mass is 10.0. The number of anilines is 2. The fourth-order valence-electron chi connectivity index (χ4n) is 12.5. The first kappa shape index (κ1) is 53.0. The Bertz CT molecular complexity index is 2840. The van der Waals surface area contributed by atoms with Crippen molar-refractivity contribution in [1.29, 1.82) is 0 Å². The van der Waals surface area contributed by atoms with Crippen LogP contribution in [0, 0.1) is 23.3 Å². The first-order valence-electron chi connectivity index (χ1n) is 26.3. The number of aromatic nitrogens is 4. The summed E-state index contributed by atoms with van der Waals surface area (Å²) in [7, 11) is 3.93. The van der Waals surface area contributed by atoms with Crippen LogP contribution in [0.2, 0.25) is 24.2 Å². The molecule has 5 fully saturated rings. The molecule has 408 valence electrons. The van der Waals surface area contributed by atoms with E-state index in [2.05, 4.69) is 20.6 Å². The van der Waals surface area contributed by atoms with Crippen molar-refractivity contribution in [3.8, 4) is 0 Å². The molecule has 10 rings (SSSR count). The van der Waals surface area contributed by atoms with E-state index in [9.17, 15) is 19.2 Å². The second-order valence-electron chi connectivity index (χ2n) is 21.1. The number of H-pyrrole nitrogens is 2. The van der Waals surface area contributed by atoms with Crippen LogP contribution in [0.5, 0.6) is 0 Å². The third-order valence-corrected chi connectivity index (χ3v) is 22.4. The lowest BCUT2D eigenvalue weighted by molar-refractivity contribution is -0.138. The Morgan fingerprint density at radius 3 is 1.43 bits per heavy atom. The predicted octanol–water partition coefficient (Wildman–Crippen LogP) is 8.60. The number of alkyl carbamates (subject to hydrolysis) is 2. The van der Waals surface area contributed by atoms with Gasteiger partial charge < -0.3 is 59.1 Å². The fourth-order valence-corrected chi connectivity index (χ4v) is 16.6. The van der Waals surface area contributed by atoms with Gasteiger partial charge in [-0.1, -0.05) is 18.5 Å². The molecule has 0 aliphatic carbocycles. The molecule has 0 bridgehead atoms. The molecule has 5 aromatic rings. The van der Waals surface area contributed by atoms with Crippen molar-refractivity contribution >= 4 is 65.5 Å². The third kappa shape index (κ3) is 9.82. The van der Waals surface area contributed by atoms with Crippen LogP contribution in [-0.2, 0) is 28.5 Å². The van der Waals surface area contributed by atoms with Gasteiger partial charge >= 0.3 is 12.2 Å². The summed E-state index contributed by atoms with van der Waals surface area (Å²) in [5, 5.41) is 5.16.